The smallest absolute Gasteiger partial charge is 0.275 e. The summed E-state index contributed by atoms with van der Waals surface area (Å²) < 4.78 is 0. The second-order valence-corrected chi connectivity index (χ2v) is 5.27. The highest BCUT2D eigenvalue weighted by atomic mass is 32.1. The summed E-state index contributed by atoms with van der Waals surface area (Å²) in [6.45, 7) is 0. The van der Waals surface area contributed by atoms with Crippen LogP contribution < -0.4 is 5.56 Å². The highest BCUT2D eigenvalue weighted by Gasteiger charge is 2.16. The minimum absolute atomic E-state index is 0.214. The first kappa shape index (κ1) is 12.2. The lowest BCUT2D eigenvalue weighted by atomic mass is 10.1. The Balaban J connectivity index is 2.11. The molecule has 0 atom stereocenters. The summed E-state index contributed by atoms with van der Waals surface area (Å²) in [5.74, 6) is 0. The monoisotopic (exact) mass is 293 g/mol. The normalized spacial score (nSPS) is 11.3. The molecule has 0 aliphatic carbocycles. The predicted octanol–water partition coefficient (Wildman–Crippen LogP) is 3.36. The van der Waals surface area contributed by atoms with Crippen LogP contribution in [0.4, 0.5) is 0 Å². The van der Waals surface area contributed by atoms with Gasteiger partial charge in [0.05, 0.1) is 16.1 Å². The zero-order chi connectivity index (χ0) is 14.4. The van der Waals surface area contributed by atoms with E-state index in [9.17, 15) is 4.79 Å². The van der Waals surface area contributed by atoms with Gasteiger partial charge in [0.15, 0.2) is 0 Å². The van der Waals surface area contributed by atoms with Crippen molar-refractivity contribution in [3.8, 4) is 11.3 Å². The SMILES string of the molecule is O=c1[nH]c2ccccc2nc1-c1c(S)[nH]c2ccccc12. The number of rotatable bonds is 1. The Bertz CT molecular complexity index is 1030. The van der Waals surface area contributed by atoms with E-state index < -0.39 is 0 Å². The first-order chi connectivity index (χ1) is 10.2. The zero-order valence-electron chi connectivity index (χ0n) is 10.9. The lowest BCUT2D eigenvalue weighted by Crippen LogP contribution is -2.11. The van der Waals surface area contributed by atoms with E-state index in [1.165, 1.54) is 0 Å². The molecule has 2 aromatic heterocycles. The Hall–Kier alpha value is -2.53. The Morgan fingerprint density at radius 2 is 1.62 bits per heavy atom. The summed E-state index contributed by atoms with van der Waals surface area (Å²) in [5.41, 5.74) is 3.33. The lowest BCUT2D eigenvalue weighted by molar-refractivity contribution is 1.19. The van der Waals surface area contributed by atoms with Gasteiger partial charge in [-0.2, -0.15) is 0 Å². The van der Waals surface area contributed by atoms with Crippen LogP contribution >= 0.6 is 12.6 Å². The zero-order valence-corrected chi connectivity index (χ0v) is 11.8. The summed E-state index contributed by atoms with van der Waals surface area (Å²) >= 11 is 4.46. The van der Waals surface area contributed by atoms with Crippen LogP contribution in [0.15, 0.2) is 58.4 Å². The molecule has 5 heteroatoms. The largest absolute Gasteiger partial charge is 0.349 e. The van der Waals surface area contributed by atoms with Gasteiger partial charge in [0, 0.05) is 16.5 Å². The van der Waals surface area contributed by atoms with Crippen LogP contribution in [0.25, 0.3) is 33.2 Å². The van der Waals surface area contributed by atoms with Crippen LogP contribution in [0.2, 0.25) is 0 Å². The number of H-pyrrole nitrogens is 2. The van der Waals surface area contributed by atoms with E-state index in [2.05, 4.69) is 27.6 Å². The number of thiol groups is 1. The highest BCUT2D eigenvalue weighted by Crippen LogP contribution is 2.31. The Labute approximate surface area is 125 Å². The minimum atomic E-state index is -0.214. The number of hydrogen-bond acceptors (Lipinski definition) is 3. The van der Waals surface area contributed by atoms with Crippen LogP contribution in [0.3, 0.4) is 0 Å². The van der Waals surface area contributed by atoms with Gasteiger partial charge in [0.25, 0.3) is 5.56 Å². The number of aromatic amines is 2. The Morgan fingerprint density at radius 3 is 2.48 bits per heavy atom. The summed E-state index contributed by atoms with van der Waals surface area (Å²) in [6, 6.07) is 15.3. The van der Waals surface area contributed by atoms with Gasteiger partial charge < -0.3 is 9.97 Å². The summed E-state index contributed by atoms with van der Waals surface area (Å²) in [4.78, 5) is 22.9. The van der Waals surface area contributed by atoms with Crippen LogP contribution in [0.5, 0.6) is 0 Å². The molecule has 0 fully saturated rings. The van der Waals surface area contributed by atoms with Crippen molar-refractivity contribution in [3.05, 3.63) is 58.9 Å². The molecule has 0 amide bonds. The molecule has 0 unspecified atom stereocenters. The maximum absolute atomic E-state index is 12.4. The first-order valence-corrected chi connectivity index (χ1v) is 6.98. The first-order valence-electron chi connectivity index (χ1n) is 6.53. The van der Waals surface area contributed by atoms with Crippen LogP contribution in [-0.4, -0.2) is 15.0 Å². The molecule has 0 saturated heterocycles. The molecule has 2 aromatic carbocycles. The molecule has 102 valence electrons. The number of aromatic nitrogens is 3. The summed E-state index contributed by atoms with van der Waals surface area (Å²) in [5, 5.41) is 1.58. The second kappa shape index (κ2) is 4.49. The molecule has 4 aromatic rings. The Morgan fingerprint density at radius 1 is 0.905 bits per heavy atom. The minimum Gasteiger partial charge on any atom is -0.349 e. The molecule has 4 rings (SSSR count). The quantitative estimate of drug-likeness (QED) is 0.471. The molecule has 4 nitrogen and oxygen atoms in total. The van der Waals surface area contributed by atoms with Crippen molar-refractivity contribution in [2.75, 3.05) is 0 Å². The number of nitrogens with one attached hydrogen (secondary N) is 2. The standard InChI is InChI=1S/C16H11N3OS/c20-15-14(17-11-7-3-4-8-12(11)18-15)13-9-5-1-2-6-10(9)19-16(13)21/h1-8,19,21H,(H,18,20). The third-order valence-corrected chi connectivity index (χ3v) is 3.86. The molecule has 0 aliphatic heterocycles. The highest BCUT2D eigenvalue weighted by molar-refractivity contribution is 7.80. The van der Waals surface area contributed by atoms with Gasteiger partial charge in [0.1, 0.15) is 5.69 Å². The van der Waals surface area contributed by atoms with Gasteiger partial charge in [-0.1, -0.05) is 30.3 Å². The van der Waals surface area contributed by atoms with Gasteiger partial charge in [0.2, 0.25) is 0 Å². The average molecular weight is 293 g/mol. The van der Waals surface area contributed by atoms with Gasteiger partial charge in [-0.25, -0.2) is 4.98 Å². The molecule has 21 heavy (non-hydrogen) atoms. The number of benzene rings is 2. The third kappa shape index (κ3) is 1.86. The molecule has 2 heterocycles. The molecular weight excluding hydrogens is 282 g/mol. The third-order valence-electron chi connectivity index (χ3n) is 3.52. The number of fused-ring (bicyclic) bond motifs is 2. The van der Waals surface area contributed by atoms with Crippen molar-refractivity contribution in [1.29, 1.82) is 0 Å². The second-order valence-electron chi connectivity index (χ2n) is 4.83. The fourth-order valence-corrected chi connectivity index (χ4v) is 2.91. The van der Waals surface area contributed by atoms with Crippen LogP contribution in [0, 0.1) is 0 Å². The van der Waals surface area contributed by atoms with E-state index >= 15 is 0 Å². The van der Waals surface area contributed by atoms with Crippen molar-refractivity contribution < 1.29 is 0 Å². The fourth-order valence-electron chi connectivity index (χ4n) is 2.57. The van der Waals surface area contributed by atoms with Gasteiger partial charge in [-0.15, -0.1) is 12.6 Å². The average Bonchev–Trinajstić information content (AvgIpc) is 2.82. The van der Waals surface area contributed by atoms with Crippen molar-refractivity contribution in [2.45, 2.75) is 5.03 Å². The molecule has 0 saturated carbocycles. The fraction of sp³-hybridized carbons (Fsp3) is 0. The van der Waals surface area contributed by atoms with Crippen LogP contribution in [0.1, 0.15) is 0 Å². The van der Waals surface area contributed by atoms with E-state index in [0.717, 1.165) is 27.5 Å². The van der Waals surface area contributed by atoms with E-state index in [0.29, 0.717) is 10.7 Å². The van der Waals surface area contributed by atoms with E-state index in [-0.39, 0.29) is 5.56 Å². The van der Waals surface area contributed by atoms with Gasteiger partial charge >= 0.3 is 0 Å². The van der Waals surface area contributed by atoms with Gasteiger partial charge in [-0.3, -0.25) is 4.79 Å². The molecule has 0 spiro atoms. The van der Waals surface area contributed by atoms with Gasteiger partial charge in [-0.05, 0) is 18.2 Å². The van der Waals surface area contributed by atoms with E-state index in [1.807, 2.05) is 48.5 Å². The molecule has 0 radical (unpaired) electrons. The summed E-state index contributed by atoms with van der Waals surface area (Å²) in [7, 11) is 0. The number of nitrogens with zero attached hydrogens (tertiary/aromatic N) is 1. The van der Waals surface area contributed by atoms with Crippen molar-refractivity contribution in [1.82, 2.24) is 15.0 Å². The summed E-state index contributed by atoms with van der Waals surface area (Å²) in [6.07, 6.45) is 0. The number of hydrogen-bond donors (Lipinski definition) is 3. The van der Waals surface area contributed by atoms with Crippen molar-refractivity contribution >= 4 is 34.6 Å². The predicted molar refractivity (Wildman–Crippen MR) is 86.9 cm³/mol. The van der Waals surface area contributed by atoms with Crippen molar-refractivity contribution in [2.24, 2.45) is 0 Å². The Kier molecular flexibility index (Phi) is 2.62. The van der Waals surface area contributed by atoms with E-state index in [4.69, 9.17) is 0 Å². The molecular formula is C16H11N3OS. The molecule has 0 aliphatic rings. The molecule has 0 bridgehead atoms. The van der Waals surface area contributed by atoms with Crippen molar-refractivity contribution in [3.63, 3.8) is 0 Å². The number of para-hydroxylation sites is 3. The van der Waals surface area contributed by atoms with Crippen LogP contribution in [-0.2, 0) is 0 Å². The topological polar surface area (TPSA) is 61.5 Å². The lowest BCUT2D eigenvalue weighted by Gasteiger charge is -2.02. The maximum atomic E-state index is 12.4. The molecule has 2 N–H and O–H groups in total. The van der Waals surface area contributed by atoms with E-state index in [1.54, 1.807) is 0 Å². The maximum Gasteiger partial charge on any atom is 0.275 e.